The Morgan fingerprint density at radius 3 is 2.33 bits per heavy atom. The molecule has 7 nitrogen and oxygen atoms in total. The SMILES string of the molecule is COC=C(C(=O)OC)c1ccccc1C(=NOC(C)=O)c1cncc2ccccc12. The average molecular weight is 404 g/mol. The molecule has 1 aromatic heterocycles. The molecular weight excluding hydrogens is 384 g/mol. The Bertz CT molecular complexity index is 1150. The van der Waals surface area contributed by atoms with Gasteiger partial charge in [-0.05, 0) is 5.39 Å². The number of oxime groups is 1. The lowest BCUT2D eigenvalue weighted by molar-refractivity contribution is -0.141. The van der Waals surface area contributed by atoms with Crippen LogP contribution in [0, 0.1) is 0 Å². The predicted molar refractivity (Wildman–Crippen MR) is 113 cm³/mol. The number of hydrogen-bond donors (Lipinski definition) is 0. The van der Waals surface area contributed by atoms with Gasteiger partial charge in [0.15, 0.2) is 0 Å². The van der Waals surface area contributed by atoms with Gasteiger partial charge in [0.1, 0.15) is 11.3 Å². The quantitative estimate of drug-likeness (QED) is 0.155. The van der Waals surface area contributed by atoms with Gasteiger partial charge in [-0.25, -0.2) is 9.59 Å². The molecule has 3 aromatic rings. The van der Waals surface area contributed by atoms with Crippen molar-refractivity contribution in [1.82, 2.24) is 4.98 Å². The highest BCUT2D eigenvalue weighted by Crippen LogP contribution is 2.27. The Morgan fingerprint density at radius 2 is 1.63 bits per heavy atom. The van der Waals surface area contributed by atoms with Gasteiger partial charge in [-0.2, -0.15) is 0 Å². The Kier molecular flexibility index (Phi) is 6.54. The Balaban J connectivity index is 2.30. The maximum absolute atomic E-state index is 12.4. The molecule has 0 radical (unpaired) electrons. The minimum atomic E-state index is -0.577. The van der Waals surface area contributed by atoms with Crippen molar-refractivity contribution in [3.05, 3.63) is 83.9 Å². The van der Waals surface area contributed by atoms with Gasteiger partial charge in [0.2, 0.25) is 0 Å². The van der Waals surface area contributed by atoms with Crippen LogP contribution in [0.3, 0.4) is 0 Å². The van der Waals surface area contributed by atoms with E-state index in [2.05, 4.69) is 10.1 Å². The summed E-state index contributed by atoms with van der Waals surface area (Å²) >= 11 is 0. The minimum Gasteiger partial charge on any atom is -0.503 e. The number of carbonyl (C=O) groups is 2. The zero-order valence-corrected chi connectivity index (χ0v) is 16.8. The Labute approximate surface area is 173 Å². The second-order valence-corrected chi connectivity index (χ2v) is 6.24. The second-order valence-electron chi connectivity index (χ2n) is 6.24. The monoisotopic (exact) mass is 404 g/mol. The normalized spacial score (nSPS) is 11.8. The van der Waals surface area contributed by atoms with Gasteiger partial charge in [0.25, 0.3) is 0 Å². The third-order valence-corrected chi connectivity index (χ3v) is 4.30. The third kappa shape index (κ3) is 4.35. The molecule has 0 aliphatic carbocycles. The number of carbonyl (C=O) groups excluding carboxylic acids is 2. The topological polar surface area (TPSA) is 87.1 Å². The summed E-state index contributed by atoms with van der Waals surface area (Å²) in [5.41, 5.74) is 2.23. The summed E-state index contributed by atoms with van der Waals surface area (Å²) in [6, 6.07) is 14.7. The van der Waals surface area contributed by atoms with Crippen molar-refractivity contribution >= 4 is 34.0 Å². The summed E-state index contributed by atoms with van der Waals surface area (Å²) in [4.78, 5) is 33.2. The number of fused-ring (bicyclic) bond motifs is 1. The molecule has 0 aliphatic rings. The number of ether oxygens (including phenoxy) is 2. The summed E-state index contributed by atoms with van der Waals surface area (Å²) in [6.07, 6.45) is 4.67. The fourth-order valence-electron chi connectivity index (χ4n) is 3.03. The molecule has 0 bridgehead atoms. The molecule has 30 heavy (non-hydrogen) atoms. The Morgan fingerprint density at radius 1 is 0.933 bits per heavy atom. The van der Waals surface area contributed by atoms with Crippen molar-refractivity contribution in [2.45, 2.75) is 6.92 Å². The summed E-state index contributed by atoms with van der Waals surface area (Å²) < 4.78 is 9.99. The first-order valence-corrected chi connectivity index (χ1v) is 9.06. The molecule has 1 heterocycles. The highest BCUT2D eigenvalue weighted by atomic mass is 16.7. The molecule has 7 heteroatoms. The fourth-order valence-corrected chi connectivity index (χ4v) is 3.03. The van der Waals surface area contributed by atoms with Crippen LogP contribution in [0.1, 0.15) is 23.6 Å². The van der Waals surface area contributed by atoms with Gasteiger partial charge in [-0.1, -0.05) is 53.7 Å². The van der Waals surface area contributed by atoms with Crippen LogP contribution in [0.2, 0.25) is 0 Å². The number of rotatable bonds is 6. The number of methoxy groups -OCH3 is 2. The van der Waals surface area contributed by atoms with Gasteiger partial charge in [0.05, 0.1) is 20.5 Å². The third-order valence-electron chi connectivity index (χ3n) is 4.30. The van der Waals surface area contributed by atoms with Gasteiger partial charge in [0, 0.05) is 41.4 Å². The number of pyridine rings is 1. The first kappa shape index (κ1) is 20.7. The zero-order valence-electron chi connectivity index (χ0n) is 16.8. The van der Waals surface area contributed by atoms with Gasteiger partial charge >= 0.3 is 11.9 Å². The van der Waals surface area contributed by atoms with Crippen molar-refractivity contribution < 1.29 is 23.9 Å². The maximum atomic E-state index is 12.4. The molecule has 0 amide bonds. The van der Waals surface area contributed by atoms with Crippen molar-refractivity contribution in [3.63, 3.8) is 0 Å². The van der Waals surface area contributed by atoms with E-state index in [4.69, 9.17) is 14.3 Å². The lowest BCUT2D eigenvalue weighted by Crippen LogP contribution is -2.13. The molecule has 0 fully saturated rings. The molecule has 0 atom stereocenters. The molecule has 2 aromatic carbocycles. The molecule has 152 valence electrons. The highest BCUT2D eigenvalue weighted by molar-refractivity contribution is 6.25. The first-order valence-electron chi connectivity index (χ1n) is 9.06. The van der Waals surface area contributed by atoms with Crippen LogP contribution in [0.4, 0.5) is 0 Å². The summed E-state index contributed by atoms with van der Waals surface area (Å²) in [7, 11) is 2.73. The van der Waals surface area contributed by atoms with E-state index < -0.39 is 11.9 Å². The number of hydrogen-bond acceptors (Lipinski definition) is 7. The first-order chi connectivity index (χ1) is 14.6. The molecule has 3 rings (SSSR count). The van der Waals surface area contributed by atoms with Crippen LogP contribution in [0.15, 0.2) is 72.3 Å². The number of benzene rings is 2. The van der Waals surface area contributed by atoms with E-state index in [1.54, 1.807) is 36.7 Å². The number of aromatic nitrogens is 1. The van der Waals surface area contributed by atoms with E-state index in [0.717, 1.165) is 10.8 Å². The van der Waals surface area contributed by atoms with E-state index in [1.807, 2.05) is 24.3 Å². The van der Waals surface area contributed by atoms with Gasteiger partial charge in [-0.15, -0.1) is 0 Å². The predicted octanol–water partition coefficient (Wildman–Crippen LogP) is 3.71. The van der Waals surface area contributed by atoms with Crippen LogP contribution in [0.25, 0.3) is 16.3 Å². The van der Waals surface area contributed by atoms with Crippen molar-refractivity contribution in [3.8, 4) is 0 Å². The van der Waals surface area contributed by atoms with Crippen LogP contribution in [-0.2, 0) is 23.9 Å². The molecular formula is C23H20N2O5. The largest absolute Gasteiger partial charge is 0.503 e. The lowest BCUT2D eigenvalue weighted by atomic mass is 9.92. The van der Waals surface area contributed by atoms with Gasteiger partial charge in [-0.3, -0.25) is 4.98 Å². The average Bonchev–Trinajstić information content (AvgIpc) is 2.77. The smallest absolute Gasteiger partial charge is 0.341 e. The highest BCUT2D eigenvalue weighted by Gasteiger charge is 2.22. The van der Waals surface area contributed by atoms with Crippen molar-refractivity contribution in [2.75, 3.05) is 14.2 Å². The fraction of sp³-hybridized carbons (Fsp3) is 0.130. The molecule has 0 unspecified atom stereocenters. The van der Waals surface area contributed by atoms with E-state index in [9.17, 15) is 9.59 Å². The Hall–Kier alpha value is -4.00. The molecule has 0 spiro atoms. The van der Waals surface area contributed by atoms with Crippen LogP contribution < -0.4 is 0 Å². The molecule has 0 aliphatic heterocycles. The maximum Gasteiger partial charge on any atom is 0.341 e. The van der Waals surface area contributed by atoms with Crippen molar-refractivity contribution in [1.29, 1.82) is 0 Å². The van der Waals surface area contributed by atoms with E-state index in [-0.39, 0.29) is 5.57 Å². The van der Waals surface area contributed by atoms with Crippen LogP contribution >= 0.6 is 0 Å². The summed E-state index contributed by atoms with van der Waals surface area (Å²) in [6.45, 7) is 1.26. The minimum absolute atomic E-state index is 0.194. The standard InChI is InChI=1S/C23H20N2O5/c1-15(26)30-25-22(20-13-24-12-16-8-4-5-9-17(16)20)19-11-7-6-10-18(19)21(14-28-2)23(27)29-3/h4-14H,1-3H3. The van der Waals surface area contributed by atoms with E-state index in [0.29, 0.717) is 22.4 Å². The molecule has 0 saturated carbocycles. The lowest BCUT2D eigenvalue weighted by Gasteiger charge is -2.14. The number of nitrogens with zero attached hydrogens (tertiary/aromatic N) is 2. The number of esters is 1. The van der Waals surface area contributed by atoms with E-state index >= 15 is 0 Å². The summed E-state index contributed by atoms with van der Waals surface area (Å²) in [5.74, 6) is -1.15. The van der Waals surface area contributed by atoms with Crippen LogP contribution in [-0.4, -0.2) is 36.9 Å². The van der Waals surface area contributed by atoms with Crippen LogP contribution in [0.5, 0.6) is 0 Å². The molecule has 0 N–H and O–H groups in total. The zero-order chi connectivity index (χ0) is 21.5. The van der Waals surface area contributed by atoms with Gasteiger partial charge < -0.3 is 14.3 Å². The van der Waals surface area contributed by atoms with E-state index in [1.165, 1.54) is 27.4 Å². The summed E-state index contributed by atoms with van der Waals surface area (Å²) in [5, 5.41) is 5.87. The molecule has 0 saturated heterocycles. The second kappa shape index (κ2) is 9.47. The van der Waals surface area contributed by atoms with Crippen molar-refractivity contribution in [2.24, 2.45) is 5.16 Å².